The molecule has 0 heterocycles. The maximum absolute atomic E-state index is 11.3. The van der Waals surface area contributed by atoms with Gasteiger partial charge in [0.2, 0.25) is 0 Å². The zero-order valence-corrected chi connectivity index (χ0v) is 12.0. The normalized spacial score (nSPS) is 10.2. The van der Waals surface area contributed by atoms with Gasteiger partial charge < -0.3 is 15.2 Å². The van der Waals surface area contributed by atoms with Crippen molar-refractivity contribution in [2.45, 2.75) is 26.4 Å². The highest BCUT2D eigenvalue weighted by molar-refractivity contribution is 5.68. The Hall–Kier alpha value is -2.75. The van der Waals surface area contributed by atoms with E-state index in [0.717, 1.165) is 6.07 Å². The molecule has 7 nitrogen and oxygen atoms in total. The van der Waals surface area contributed by atoms with E-state index in [-0.39, 0.29) is 23.5 Å². The number of hydrogen-bond donors (Lipinski definition) is 2. The lowest BCUT2D eigenvalue weighted by Gasteiger charge is -2.18. The molecular weight excluding hydrogens is 276 g/mol. The number of phenolic OH excluding ortho intramolecular Hbond substituents is 1. The van der Waals surface area contributed by atoms with Crippen molar-refractivity contribution in [1.29, 1.82) is 0 Å². The van der Waals surface area contributed by atoms with E-state index in [1.165, 1.54) is 12.1 Å². The maximum Gasteiger partial charge on any atom is 0.408 e. The Kier molecular flexibility index (Phi) is 5.13. The molecule has 0 spiro atoms. The molecule has 1 amide bonds. The van der Waals surface area contributed by atoms with E-state index in [2.05, 4.69) is 17.2 Å². The second-order valence-electron chi connectivity index (χ2n) is 5.12. The first kappa shape index (κ1) is 16.3. The van der Waals surface area contributed by atoms with Gasteiger partial charge in [0.1, 0.15) is 11.4 Å². The summed E-state index contributed by atoms with van der Waals surface area (Å²) >= 11 is 0. The number of phenols is 1. The third-order valence-corrected chi connectivity index (χ3v) is 2.13. The molecule has 1 rings (SSSR count). The largest absolute Gasteiger partial charge is 0.507 e. The van der Waals surface area contributed by atoms with E-state index >= 15 is 0 Å². The van der Waals surface area contributed by atoms with Gasteiger partial charge in [-0.05, 0) is 26.8 Å². The molecule has 0 aliphatic carbocycles. The van der Waals surface area contributed by atoms with Crippen molar-refractivity contribution in [3.8, 4) is 17.6 Å². The van der Waals surface area contributed by atoms with Gasteiger partial charge >= 0.3 is 6.09 Å². The fourth-order valence-corrected chi connectivity index (χ4v) is 1.31. The van der Waals surface area contributed by atoms with Crippen molar-refractivity contribution in [3.63, 3.8) is 0 Å². The van der Waals surface area contributed by atoms with E-state index in [0.29, 0.717) is 0 Å². The van der Waals surface area contributed by atoms with Gasteiger partial charge in [0.05, 0.1) is 17.0 Å². The van der Waals surface area contributed by atoms with Crippen LogP contribution in [0.15, 0.2) is 18.2 Å². The molecule has 0 aliphatic heterocycles. The quantitative estimate of drug-likeness (QED) is 0.494. The summed E-state index contributed by atoms with van der Waals surface area (Å²) in [6.45, 7) is 5.20. The van der Waals surface area contributed by atoms with Crippen LogP contribution in [0.2, 0.25) is 0 Å². The van der Waals surface area contributed by atoms with Crippen LogP contribution in [0.5, 0.6) is 5.75 Å². The molecule has 0 aliphatic rings. The Bertz CT molecular complexity index is 608. The summed E-state index contributed by atoms with van der Waals surface area (Å²) in [5.41, 5.74) is -0.650. The average Bonchev–Trinajstić information content (AvgIpc) is 2.34. The van der Waals surface area contributed by atoms with Crippen LogP contribution in [0.25, 0.3) is 0 Å². The zero-order chi connectivity index (χ0) is 16.0. The molecule has 1 aromatic carbocycles. The van der Waals surface area contributed by atoms with Gasteiger partial charge in [-0.15, -0.1) is 0 Å². The lowest BCUT2D eigenvalue weighted by atomic mass is 10.2. The minimum atomic E-state index is -0.611. The second kappa shape index (κ2) is 6.61. The molecule has 0 fully saturated rings. The van der Waals surface area contributed by atoms with Gasteiger partial charge in [0.25, 0.3) is 5.69 Å². The number of aromatic hydroxyl groups is 1. The van der Waals surface area contributed by atoms with Crippen LogP contribution in [0, 0.1) is 22.0 Å². The Balaban J connectivity index is 2.65. The minimum Gasteiger partial charge on any atom is -0.507 e. The first-order valence-corrected chi connectivity index (χ1v) is 6.12. The van der Waals surface area contributed by atoms with Crippen LogP contribution in [-0.2, 0) is 4.74 Å². The lowest BCUT2D eigenvalue weighted by Crippen LogP contribution is -2.32. The van der Waals surface area contributed by atoms with E-state index < -0.39 is 16.6 Å². The number of carbonyl (C=O) groups is 1. The van der Waals surface area contributed by atoms with Gasteiger partial charge in [-0.25, -0.2) is 4.79 Å². The highest BCUT2D eigenvalue weighted by Crippen LogP contribution is 2.21. The van der Waals surface area contributed by atoms with Gasteiger partial charge in [-0.2, -0.15) is 0 Å². The number of hydrogen-bond acceptors (Lipinski definition) is 5. The van der Waals surface area contributed by atoms with E-state index in [9.17, 15) is 20.0 Å². The number of alkyl carbamates (subject to hydrolysis) is 1. The number of nitro groups is 1. The number of non-ortho nitro benzene ring substituents is 1. The van der Waals surface area contributed by atoms with Crippen molar-refractivity contribution >= 4 is 11.8 Å². The Labute approximate surface area is 122 Å². The van der Waals surface area contributed by atoms with Crippen LogP contribution in [0.1, 0.15) is 26.3 Å². The number of nitrogens with zero attached hydrogens (tertiary/aromatic N) is 1. The van der Waals surface area contributed by atoms with Crippen LogP contribution < -0.4 is 5.32 Å². The van der Waals surface area contributed by atoms with Crippen molar-refractivity contribution in [2.24, 2.45) is 0 Å². The number of nitro benzene ring substituents is 1. The van der Waals surface area contributed by atoms with Crippen molar-refractivity contribution < 1.29 is 19.6 Å². The topological polar surface area (TPSA) is 102 Å². The SMILES string of the molecule is CC(C)(C)OC(=O)NCC#Cc1cc([N+](=O)[O-])ccc1O. The first-order valence-electron chi connectivity index (χ1n) is 6.12. The Morgan fingerprint density at radius 1 is 1.48 bits per heavy atom. The third kappa shape index (κ3) is 5.82. The van der Waals surface area contributed by atoms with E-state index in [4.69, 9.17) is 4.74 Å². The molecule has 7 heteroatoms. The standard InChI is InChI=1S/C14H16N2O5/c1-14(2,3)21-13(18)15-8-4-5-10-9-11(16(19)20)6-7-12(10)17/h6-7,9,17H,8H2,1-3H3,(H,15,18). The highest BCUT2D eigenvalue weighted by Gasteiger charge is 2.15. The minimum absolute atomic E-state index is 0.00293. The zero-order valence-electron chi connectivity index (χ0n) is 12.0. The monoisotopic (exact) mass is 292 g/mol. The Morgan fingerprint density at radius 2 is 2.14 bits per heavy atom. The number of nitrogens with one attached hydrogen (secondary N) is 1. The van der Waals surface area contributed by atoms with Gasteiger partial charge in [-0.1, -0.05) is 11.8 Å². The average molecular weight is 292 g/mol. The van der Waals surface area contributed by atoms with Crippen LogP contribution in [-0.4, -0.2) is 28.3 Å². The molecule has 1 aromatic rings. The molecule has 0 radical (unpaired) electrons. The smallest absolute Gasteiger partial charge is 0.408 e. The van der Waals surface area contributed by atoms with E-state index in [1.807, 2.05) is 0 Å². The summed E-state index contributed by atoms with van der Waals surface area (Å²) in [6.07, 6.45) is -0.611. The number of amides is 1. The van der Waals surface area contributed by atoms with E-state index in [1.54, 1.807) is 20.8 Å². The number of benzene rings is 1. The molecular formula is C14H16N2O5. The number of rotatable bonds is 2. The van der Waals surface area contributed by atoms with Crippen LogP contribution >= 0.6 is 0 Å². The summed E-state index contributed by atoms with van der Waals surface area (Å²) < 4.78 is 5.01. The molecule has 0 bridgehead atoms. The summed E-state index contributed by atoms with van der Waals surface area (Å²) in [7, 11) is 0. The molecule has 0 unspecified atom stereocenters. The summed E-state index contributed by atoms with van der Waals surface area (Å²) in [6, 6.07) is 3.54. The van der Waals surface area contributed by atoms with Gasteiger partial charge in [0.15, 0.2) is 0 Å². The highest BCUT2D eigenvalue weighted by atomic mass is 16.6. The number of ether oxygens (including phenoxy) is 1. The van der Waals surface area contributed by atoms with Crippen molar-refractivity contribution in [3.05, 3.63) is 33.9 Å². The Morgan fingerprint density at radius 3 is 2.71 bits per heavy atom. The summed E-state index contributed by atoms with van der Waals surface area (Å²) in [5.74, 6) is 4.97. The molecule has 2 N–H and O–H groups in total. The van der Waals surface area contributed by atoms with Crippen molar-refractivity contribution in [1.82, 2.24) is 5.32 Å². The summed E-state index contributed by atoms with van der Waals surface area (Å²) in [4.78, 5) is 21.4. The summed E-state index contributed by atoms with van der Waals surface area (Å²) in [5, 5.41) is 22.6. The number of carbonyl (C=O) groups excluding carboxylic acids is 1. The molecule has 0 saturated carbocycles. The fourth-order valence-electron chi connectivity index (χ4n) is 1.31. The van der Waals surface area contributed by atoms with Gasteiger partial charge in [-0.3, -0.25) is 10.1 Å². The third-order valence-electron chi connectivity index (χ3n) is 2.13. The molecule has 0 aromatic heterocycles. The second-order valence-corrected chi connectivity index (χ2v) is 5.12. The predicted molar refractivity (Wildman–Crippen MR) is 75.9 cm³/mol. The fraction of sp³-hybridized carbons (Fsp3) is 0.357. The molecule has 0 atom stereocenters. The molecule has 21 heavy (non-hydrogen) atoms. The maximum atomic E-state index is 11.3. The van der Waals surface area contributed by atoms with Crippen LogP contribution in [0.3, 0.4) is 0 Å². The molecule has 112 valence electrons. The van der Waals surface area contributed by atoms with Gasteiger partial charge in [0, 0.05) is 12.1 Å². The predicted octanol–water partition coefficient (Wildman–Crippen LogP) is 2.18. The van der Waals surface area contributed by atoms with Crippen molar-refractivity contribution in [2.75, 3.05) is 6.54 Å². The molecule has 0 saturated heterocycles. The first-order chi connectivity index (χ1) is 9.69. The van der Waals surface area contributed by atoms with Crippen LogP contribution in [0.4, 0.5) is 10.5 Å². The lowest BCUT2D eigenvalue weighted by molar-refractivity contribution is -0.384.